The molecule has 1 aliphatic heterocycles. The number of esters is 1. The molecular weight excluding hydrogens is 615 g/mol. The molecule has 47 heavy (non-hydrogen) atoms. The van der Waals surface area contributed by atoms with Crippen molar-refractivity contribution in [1.82, 2.24) is 19.5 Å². The van der Waals surface area contributed by atoms with Crippen LogP contribution >= 0.6 is 0 Å². The third kappa shape index (κ3) is 6.90. The van der Waals surface area contributed by atoms with Crippen LogP contribution in [0.15, 0.2) is 73.3 Å². The fraction of sp³-hybridized carbons (Fsp3) is 0.429. The van der Waals surface area contributed by atoms with Crippen molar-refractivity contribution < 1.29 is 28.3 Å². The van der Waals surface area contributed by atoms with Gasteiger partial charge in [0.15, 0.2) is 36.7 Å². The number of anilines is 1. The van der Waals surface area contributed by atoms with Crippen molar-refractivity contribution in [2.45, 2.75) is 84.0 Å². The number of carbonyl (C=O) groups excluding carboxylic acids is 3. The Morgan fingerprint density at radius 2 is 1.55 bits per heavy atom. The Balaban J connectivity index is 1.54. The number of Topliss-reactive ketones (excluding diaryl/α,β-unsaturated/α-hetero) is 1. The van der Waals surface area contributed by atoms with Crippen molar-refractivity contribution in [3.05, 3.63) is 84.4 Å². The van der Waals surface area contributed by atoms with Gasteiger partial charge in [-0.25, -0.2) is 19.7 Å². The fourth-order valence-electron chi connectivity index (χ4n) is 5.37. The Labute approximate surface area is 276 Å². The number of hydrogen-bond donors (Lipinski definition) is 1. The van der Waals surface area contributed by atoms with Gasteiger partial charge >= 0.3 is 5.97 Å². The van der Waals surface area contributed by atoms with Gasteiger partial charge in [0, 0.05) is 17.4 Å². The summed E-state index contributed by atoms with van der Waals surface area (Å²) in [4.78, 5) is 53.9. The molecule has 0 bridgehead atoms. The molecule has 1 N–H and O–H groups in total. The first-order chi connectivity index (χ1) is 22.0. The molecule has 1 fully saturated rings. The molecule has 248 valence electrons. The summed E-state index contributed by atoms with van der Waals surface area (Å²) in [6.45, 7) is 15.7. The molecule has 1 amide bonds. The van der Waals surface area contributed by atoms with E-state index in [-0.39, 0.29) is 35.6 Å². The van der Waals surface area contributed by atoms with E-state index >= 15 is 0 Å². The predicted molar refractivity (Wildman–Crippen MR) is 180 cm³/mol. The zero-order valence-corrected chi connectivity index (χ0v) is 29.2. The lowest BCUT2D eigenvalue weighted by atomic mass is 9.78. The second kappa shape index (κ2) is 12.7. The van der Waals surface area contributed by atoms with Gasteiger partial charge in [-0.05, 0) is 42.4 Å². The van der Waals surface area contributed by atoms with Gasteiger partial charge in [0.05, 0.1) is 18.0 Å². The van der Waals surface area contributed by atoms with Crippen LogP contribution in [-0.4, -0.2) is 63.8 Å². The largest absolute Gasteiger partial charge is 0.458 e. The predicted octanol–water partition coefficient (Wildman–Crippen LogP) is 6.60. The van der Waals surface area contributed by atoms with Crippen molar-refractivity contribution in [1.29, 1.82) is 0 Å². The Morgan fingerprint density at radius 1 is 0.936 bits per heavy atom. The maximum atomic E-state index is 14.5. The Hall–Kier alpha value is -4.26. The molecule has 0 saturated carbocycles. The van der Waals surface area contributed by atoms with Crippen molar-refractivity contribution in [3.8, 4) is 0 Å². The summed E-state index contributed by atoms with van der Waals surface area (Å²) in [7, 11) is -2.48. The maximum absolute atomic E-state index is 14.5. The van der Waals surface area contributed by atoms with Gasteiger partial charge in [-0.15, -0.1) is 0 Å². The van der Waals surface area contributed by atoms with Gasteiger partial charge in [0.1, 0.15) is 19.2 Å². The minimum atomic E-state index is -2.48. The number of aromatic nitrogens is 4. The maximum Gasteiger partial charge on any atom is 0.338 e. The summed E-state index contributed by atoms with van der Waals surface area (Å²) in [5.74, 6) is -0.907. The van der Waals surface area contributed by atoms with E-state index in [1.165, 1.54) is 6.33 Å². The van der Waals surface area contributed by atoms with Gasteiger partial charge in [0.2, 0.25) is 0 Å². The highest BCUT2D eigenvalue weighted by Gasteiger charge is 2.60. The number of nitrogens with one attached hydrogen (secondary N) is 1. The molecule has 0 radical (unpaired) electrons. The molecule has 11 nitrogen and oxygen atoms in total. The number of nitrogens with zero attached hydrogens (tertiary/aromatic N) is 4. The van der Waals surface area contributed by atoms with Crippen molar-refractivity contribution in [3.63, 3.8) is 0 Å². The van der Waals surface area contributed by atoms with Crippen LogP contribution in [0.2, 0.25) is 18.1 Å². The number of carbonyl (C=O) groups is 3. The molecule has 0 spiro atoms. The fourth-order valence-corrected chi connectivity index (χ4v) is 6.72. The first-order valence-corrected chi connectivity index (χ1v) is 18.6. The summed E-state index contributed by atoms with van der Waals surface area (Å²) in [6.07, 6.45) is 1.65. The van der Waals surface area contributed by atoms with Crippen LogP contribution < -0.4 is 5.32 Å². The average Bonchev–Trinajstić information content (AvgIpc) is 3.61. The van der Waals surface area contributed by atoms with E-state index in [0.717, 1.165) is 0 Å². The lowest BCUT2D eigenvalue weighted by Gasteiger charge is -2.43. The Morgan fingerprint density at radius 3 is 2.15 bits per heavy atom. The number of rotatable bonds is 9. The van der Waals surface area contributed by atoms with Gasteiger partial charge < -0.3 is 19.2 Å². The van der Waals surface area contributed by atoms with Crippen molar-refractivity contribution >= 4 is 43.0 Å². The molecule has 1 saturated heterocycles. The summed E-state index contributed by atoms with van der Waals surface area (Å²) >= 11 is 0. The van der Waals surface area contributed by atoms with Crippen LogP contribution in [0.5, 0.6) is 0 Å². The zero-order chi connectivity index (χ0) is 34.2. The quantitative estimate of drug-likeness (QED) is 0.156. The van der Waals surface area contributed by atoms with Gasteiger partial charge in [-0.2, -0.15) is 0 Å². The molecule has 0 aliphatic carbocycles. The summed E-state index contributed by atoms with van der Waals surface area (Å²) in [5.41, 5.74) is -0.894. The normalized spacial score (nSPS) is 20.3. The Kier molecular flexibility index (Phi) is 9.24. The summed E-state index contributed by atoms with van der Waals surface area (Å²) in [5, 5.41) is 2.65. The molecule has 3 atom stereocenters. The zero-order valence-electron chi connectivity index (χ0n) is 28.2. The summed E-state index contributed by atoms with van der Waals surface area (Å²) < 4.78 is 21.3. The molecule has 12 heteroatoms. The topological polar surface area (TPSA) is 135 Å². The SMILES string of the molecule is CC(C)(C)C(=O)[C@]1(COC(=O)c2ccccc2)O[C@@H](n2cnc3c(NC(=O)c4ccccc4)ncnc32)C[C@@H]1O[Si](C)(C)C(C)(C)C. The van der Waals surface area contributed by atoms with Gasteiger partial charge in [0.25, 0.3) is 5.91 Å². The number of ketones is 1. The van der Waals surface area contributed by atoms with Crippen LogP contribution in [0.25, 0.3) is 11.2 Å². The smallest absolute Gasteiger partial charge is 0.338 e. The lowest BCUT2D eigenvalue weighted by Crippen LogP contribution is -2.59. The second-order valence-electron chi connectivity index (χ2n) is 14.5. The molecule has 2 aromatic carbocycles. The van der Waals surface area contributed by atoms with Crippen LogP contribution in [0.4, 0.5) is 5.82 Å². The third-order valence-electron chi connectivity index (χ3n) is 8.95. The van der Waals surface area contributed by atoms with E-state index in [9.17, 15) is 14.4 Å². The average molecular weight is 658 g/mol. The van der Waals surface area contributed by atoms with Gasteiger partial charge in [-0.3, -0.25) is 14.2 Å². The molecule has 2 aromatic heterocycles. The van der Waals surface area contributed by atoms with E-state index in [2.05, 4.69) is 54.1 Å². The van der Waals surface area contributed by atoms with Crippen molar-refractivity contribution in [2.24, 2.45) is 5.41 Å². The number of ether oxygens (including phenoxy) is 2. The molecular formula is C35H43N5O6Si. The third-order valence-corrected chi connectivity index (χ3v) is 13.4. The minimum absolute atomic E-state index is 0.177. The van der Waals surface area contributed by atoms with E-state index in [0.29, 0.717) is 22.3 Å². The number of hydrogen-bond acceptors (Lipinski definition) is 9. The molecule has 5 rings (SSSR count). The van der Waals surface area contributed by atoms with E-state index in [1.54, 1.807) is 59.4 Å². The number of benzene rings is 2. The van der Waals surface area contributed by atoms with Crippen molar-refractivity contribution in [2.75, 3.05) is 11.9 Å². The van der Waals surface area contributed by atoms with Gasteiger partial charge in [-0.1, -0.05) is 77.9 Å². The second-order valence-corrected chi connectivity index (χ2v) is 19.2. The number of fused-ring (bicyclic) bond motifs is 1. The van der Waals surface area contributed by atoms with Crippen LogP contribution in [0, 0.1) is 5.41 Å². The van der Waals surface area contributed by atoms with E-state index in [1.807, 2.05) is 32.9 Å². The highest BCUT2D eigenvalue weighted by molar-refractivity contribution is 6.74. The van der Waals surface area contributed by atoms with Crippen LogP contribution in [0.3, 0.4) is 0 Å². The number of amides is 1. The van der Waals surface area contributed by atoms with E-state index in [4.69, 9.17) is 13.9 Å². The van der Waals surface area contributed by atoms with E-state index < -0.39 is 37.6 Å². The standard InChI is InChI=1S/C35H43N5O6Si/c1-33(2,3)32(43)35(20-44-31(42)24-17-13-10-14-18-24)25(46-47(7,8)34(4,5)6)19-26(45-35)40-22-38-27-28(36-21-37-29(27)40)39-30(41)23-15-11-9-12-16-23/h9-18,21-22,25-26H,19-20H2,1-8H3,(H,36,37,39,41)/t25-,26+,35+/m0/s1. The first-order valence-electron chi connectivity index (χ1n) is 15.7. The highest BCUT2D eigenvalue weighted by Crippen LogP contribution is 2.48. The summed E-state index contributed by atoms with van der Waals surface area (Å²) in [6, 6.07) is 17.4. The van der Waals surface area contributed by atoms with Crippen LogP contribution in [-0.2, 0) is 18.7 Å². The molecule has 4 aromatic rings. The highest BCUT2D eigenvalue weighted by atomic mass is 28.4. The molecule has 3 heterocycles. The van der Waals surface area contributed by atoms with Crippen LogP contribution in [0.1, 0.15) is 74.9 Å². The molecule has 1 aliphatic rings. The lowest BCUT2D eigenvalue weighted by molar-refractivity contribution is -0.171. The first kappa shape index (κ1) is 34.1. The Bertz CT molecular complexity index is 1760. The molecule has 0 unspecified atom stereocenters. The monoisotopic (exact) mass is 657 g/mol. The minimum Gasteiger partial charge on any atom is -0.458 e. The number of imidazole rings is 1.